The summed E-state index contributed by atoms with van der Waals surface area (Å²) in [5, 5.41) is 0. The van der Waals surface area contributed by atoms with E-state index in [2.05, 4.69) is 0 Å². The van der Waals surface area contributed by atoms with Gasteiger partial charge in [0.05, 0.1) is 0 Å². The fourth-order valence-corrected chi connectivity index (χ4v) is 3.32. The second-order valence-electron chi connectivity index (χ2n) is 6.84. The molecule has 0 fully saturated rings. The van der Waals surface area contributed by atoms with Crippen LogP contribution >= 0.6 is 0 Å². The van der Waals surface area contributed by atoms with Gasteiger partial charge in [0.25, 0.3) is 0 Å². The van der Waals surface area contributed by atoms with E-state index < -0.39 is 23.8 Å². The van der Waals surface area contributed by atoms with Crippen molar-refractivity contribution >= 4 is 6.09 Å². The largest absolute Gasteiger partial charge is 0.441 e. The zero-order valence-corrected chi connectivity index (χ0v) is 13.6. The zero-order valence-electron chi connectivity index (χ0n) is 13.6. The maximum Gasteiger partial charge on any atom is 0.405 e. The molecule has 0 spiro atoms. The Morgan fingerprint density at radius 3 is 2.62 bits per heavy atom. The number of halogens is 2. The number of fused-ring (bicyclic) bond motifs is 1. The summed E-state index contributed by atoms with van der Waals surface area (Å²) >= 11 is 0. The van der Waals surface area contributed by atoms with Crippen LogP contribution in [0, 0.1) is 17.0 Å². The average Bonchev–Trinajstić information content (AvgIpc) is 2.50. The van der Waals surface area contributed by atoms with E-state index in [1.54, 1.807) is 6.07 Å². The summed E-state index contributed by atoms with van der Waals surface area (Å²) in [6, 6.07) is 9.00. The van der Waals surface area contributed by atoms with Crippen LogP contribution in [0.15, 0.2) is 36.4 Å². The molecule has 2 aromatic rings. The van der Waals surface area contributed by atoms with Gasteiger partial charge in [0.2, 0.25) is 0 Å². The molecule has 1 unspecified atom stereocenters. The number of amides is 1. The highest BCUT2D eigenvalue weighted by atomic mass is 19.1. The number of benzene rings is 2. The third-order valence-electron chi connectivity index (χ3n) is 4.65. The average molecular weight is 331 g/mol. The summed E-state index contributed by atoms with van der Waals surface area (Å²) in [5.74, 6) is -1.21. The fraction of sp³-hybridized carbons (Fsp3) is 0.316. The van der Waals surface area contributed by atoms with Gasteiger partial charge in [-0.25, -0.2) is 13.6 Å². The van der Waals surface area contributed by atoms with Gasteiger partial charge >= 0.3 is 6.09 Å². The standard InChI is InChI=1S/C19H19F2NO2/c1-19(2)8-7-12-9-11(14-6-4-13(20)10-16(14)21)3-5-15(12)17(19)24-18(22)23/h3-6,9-10,17H,7-8H2,1-2H3,(H2,22,23). The van der Waals surface area contributed by atoms with Crippen molar-refractivity contribution in [1.29, 1.82) is 0 Å². The van der Waals surface area contributed by atoms with Crippen molar-refractivity contribution in [2.75, 3.05) is 0 Å². The zero-order chi connectivity index (χ0) is 17.5. The Balaban J connectivity index is 2.04. The maximum absolute atomic E-state index is 14.0. The number of ether oxygens (including phenoxy) is 1. The van der Waals surface area contributed by atoms with Gasteiger partial charge < -0.3 is 10.5 Å². The van der Waals surface area contributed by atoms with E-state index in [9.17, 15) is 13.6 Å². The molecule has 2 N–H and O–H groups in total. The van der Waals surface area contributed by atoms with Crippen LogP contribution in [0.25, 0.3) is 11.1 Å². The third kappa shape index (κ3) is 2.98. The van der Waals surface area contributed by atoms with Gasteiger partial charge in [-0.2, -0.15) is 0 Å². The van der Waals surface area contributed by atoms with Crippen molar-refractivity contribution in [3.63, 3.8) is 0 Å². The molecular formula is C19H19F2NO2. The molecule has 126 valence electrons. The maximum atomic E-state index is 14.0. The first-order chi connectivity index (χ1) is 11.3. The Bertz CT molecular complexity index is 802. The molecule has 1 amide bonds. The lowest BCUT2D eigenvalue weighted by atomic mass is 9.71. The van der Waals surface area contributed by atoms with Crippen LogP contribution in [0.1, 0.15) is 37.5 Å². The molecule has 0 bridgehead atoms. The number of aryl methyl sites for hydroxylation is 1. The highest BCUT2D eigenvalue weighted by Crippen LogP contribution is 2.46. The van der Waals surface area contributed by atoms with Crippen molar-refractivity contribution in [2.24, 2.45) is 11.1 Å². The van der Waals surface area contributed by atoms with Crippen molar-refractivity contribution in [3.05, 3.63) is 59.2 Å². The molecule has 0 aromatic heterocycles. The Hall–Kier alpha value is -2.43. The Kier molecular flexibility index (Phi) is 4.03. The van der Waals surface area contributed by atoms with Crippen LogP contribution in [0.4, 0.5) is 13.6 Å². The molecule has 5 heteroatoms. The van der Waals surface area contributed by atoms with Gasteiger partial charge in [0, 0.05) is 17.0 Å². The molecule has 1 aliphatic rings. The SMILES string of the molecule is CC1(C)CCc2cc(-c3ccc(F)cc3F)ccc2C1OC(N)=O. The Morgan fingerprint density at radius 1 is 1.21 bits per heavy atom. The summed E-state index contributed by atoms with van der Waals surface area (Å²) in [6.07, 6.45) is 0.353. The normalized spacial score (nSPS) is 18.8. The summed E-state index contributed by atoms with van der Waals surface area (Å²) in [5.41, 5.74) is 7.87. The predicted octanol–water partition coefficient (Wildman–Crippen LogP) is 4.74. The molecule has 24 heavy (non-hydrogen) atoms. The number of nitrogens with two attached hydrogens (primary N) is 1. The van der Waals surface area contributed by atoms with Crippen molar-refractivity contribution in [3.8, 4) is 11.1 Å². The molecular weight excluding hydrogens is 312 g/mol. The number of primary amides is 1. The van der Waals surface area contributed by atoms with E-state index in [0.717, 1.165) is 30.0 Å². The Labute approximate surface area is 139 Å². The third-order valence-corrected chi connectivity index (χ3v) is 4.65. The lowest BCUT2D eigenvalue weighted by molar-refractivity contribution is 0.0147. The topological polar surface area (TPSA) is 52.3 Å². The second kappa shape index (κ2) is 5.89. The van der Waals surface area contributed by atoms with Crippen LogP contribution < -0.4 is 5.73 Å². The molecule has 1 aliphatic carbocycles. The van der Waals surface area contributed by atoms with Gasteiger partial charge in [-0.3, -0.25) is 0 Å². The molecule has 3 nitrogen and oxygen atoms in total. The van der Waals surface area contributed by atoms with Crippen LogP contribution in [-0.4, -0.2) is 6.09 Å². The van der Waals surface area contributed by atoms with E-state index in [0.29, 0.717) is 11.1 Å². The molecule has 0 saturated heterocycles. The molecule has 0 heterocycles. The molecule has 0 radical (unpaired) electrons. The molecule has 0 saturated carbocycles. The predicted molar refractivity (Wildman–Crippen MR) is 87.3 cm³/mol. The lowest BCUT2D eigenvalue weighted by Crippen LogP contribution is -2.33. The molecule has 0 aliphatic heterocycles. The van der Waals surface area contributed by atoms with Crippen molar-refractivity contribution in [1.82, 2.24) is 0 Å². The molecule has 2 aromatic carbocycles. The van der Waals surface area contributed by atoms with E-state index in [4.69, 9.17) is 10.5 Å². The summed E-state index contributed by atoms with van der Waals surface area (Å²) < 4.78 is 32.4. The number of carbonyl (C=O) groups is 1. The van der Waals surface area contributed by atoms with Crippen LogP contribution in [0.3, 0.4) is 0 Å². The van der Waals surface area contributed by atoms with Gasteiger partial charge in [-0.15, -0.1) is 0 Å². The number of rotatable bonds is 2. The molecule has 3 rings (SSSR count). The molecule has 1 atom stereocenters. The van der Waals surface area contributed by atoms with E-state index in [1.807, 2.05) is 26.0 Å². The van der Waals surface area contributed by atoms with Gasteiger partial charge in [0.1, 0.15) is 17.7 Å². The highest BCUT2D eigenvalue weighted by Gasteiger charge is 2.38. The van der Waals surface area contributed by atoms with E-state index in [1.165, 1.54) is 12.1 Å². The van der Waals surface area contributed by atoms with Gasteiger partial charge in [-0.1, -0.05) is 32.0 Å². The fourth-order valence-electron chi connectivity index (χ4n) is 3.32. The van der Waals surface area contributed by atoms with Gasteiger partial charge in [-0.05, 0) is 41.7 Å². The van der Waals surface area contributed by atoms with Crippen LogP contribution in [0.5, 0.6) is 0 Å². The Morgan fingerprint density at radius 2 is 1.96 bits per heavy atom. The quantitative estimate of drug-likeness (QED) is 0.864. The van der Waals surface area contributed by atoms with Crippen LogP contribution in [0.2, 0.25) is 0 Å². The monoisotopic (exact) mass is 331 g/mol. The van der Waals surface area contributed by atoms with Gasteiger partial charge in [0.15, 0.2) is 0 Å². The first-order valence-corrected chi connectivity index (χ1v) is 7.82. The summed E-state index contributed by atoms with van der Waals surface area (Å²) in [6.45, 7) is 4.05. The van der Waals surface area contributed by atoms with E-state index >= 15 is 0 Å². The second-order valence-corrected chi connectivity index (χ2v) is 6.84. The first-order valence-electron chi connectivity index (χ1n) is 7.82. The lowest BCUT2D eigenvalue weighted by Gasteiger charge is -2.39. The van der Waals surface area contributed by atoms with E-state index in [-0.39, 0.29) is 5.41 Å². The summed E-state index contributed by atoms with van der Waals surface area (Å²) in [4.78, 5) is 11.2. The van der Waals surface area contributed by atoms with Crippen molar-refractivity contribution in [2.45, 2.75) is 32.8 Å². The minimum absolute atomic E-state index is 0.231. The summed E-state index contributed by atoms with van der Waals surface area (Å²) in [7, 11) is 0. The number of hydrogen-bond donors (Lipinski definition) is 1. The van der Waals surface area contributed by atoms with Crippen LogP contribution in [-0.2, 0) is 11.2 Å². The minimum Gasteiger partial charge on any atom is -0.441 e. The number of hydrogen-bond acceptors (Lipinski definition) is 2. The smallest absolute Gasteiger partial charge is 0.405 e. The highest BCUT2D eigenvalue weighted by molar-refractivity contribution is 5.67. The van der Waals surface area contributed by atoms with Crippen molar-refractivity contribution < 1.29 is 18.3 Å². The first kappa shape index (κ1) is 16.4. The minimum atomic E-state index is -0.811. The number of carbonyl (C=O) groups excluding carboxylic acids is 1.